The minimum absolute atomic E-state index is 0.00146. The van der Waals surface area contributed by atoms with Crippen molar-refractivity contribution < 1.29 is 4.79 Å². The van der Waals surface area contributed by atoms with Gasteiger partial charge in [0.05, 0.1) is 6.04 Å². The van der Waals surface area contributed by atoms with Crippen molar-refractivity contribution in [3.8, 4) is 0 Å². The molecule has 168 valence electrons. The van der Waals surface area contributed by atoms with Gasteiger partial charge in [-0.2, -0.15) is 0 Å². The number of Topliss-reactive ketones (excluding diaryl/α,β-unsaturated/α-hetero) is 1. The minimum atomic E-state index is -0.317. The van der Waals surface area contributed by atoms with Gasteiger partial charge in [0.1, 0.15) is 0 Å². The molecule has 0 bridgehead atoms. The highest BCUT2D eigenvalue weighted by Crippen LogP contribution is 2.51. The van der Waals surface area contributed by atoms with Crippen molar-refractivity contribution >= 4 is 5.78 Å². The van der Waals surface area contributed by atoms with Gasteiger partial charge in [-0.15, -0.1) is 0 Å². The molecule has 6 rings (SSSR count). The third-order valence-corrected chi connectivity index (χ3v) is 8.02. The molecule has 0 spiro atoms. The third-order valence-electron chi connectivity index (χ3n) is 8.02. The van der Waals surface area contributed by atoms with Gasteiger partial charge in [-0.3, -0.25) is 4.79 Å². The Morgan fingerprint density at radius 3 is 2.79 bits per heavy atom. The van der Waals surface area contributed by atoms with E-state index in [1.54, 1.807) is 0 Å². The molecule has 6 aliphatic rings. The van der Waals surface area contributed by atoms with Crippen LogP contribution in [-0.2, 0) is 4.79 Å². The zero-order valence-electron chi connectivity index (χ0n) is 19.6. The first-order valence-corrected chi connectivity index (χ1v) is 12.4. The maximum Gasteiger partial charge on any atom is 0.189 e. The number of allylic oxidation sites excluding steroid dienone is 13. The highest BCUT2D eigenvalue weighted by Gasteiger charge is 2.45. The zero-order chi connectivity index (χ0) is 22.7. The van der Waals surface area contributed by atoms with Gasteiger partial charge in [-0.25, -0.2) is 0 Å². The summed E-state index contributed by atoms with van der Waals surface area (Å²) >= 11 is 0. The average Bonchev–Trinajstić information content (AvgIpc) is 3.24. The van der Waals surface area contributed by atoms with E-state index in [2.05, 4.69) is 79.5 Å². The SMILES string of the molecule is CC1(C)C2=CC(N)CC=C2C(=O)/C1=C\C1=CC2C3=CCCC=C3N(C3=CC=CCC3)C2C=C1. The highest BCUT2D eigenvalue weighted by atomic mass is 16.1. The van der Waals surface area contributed by atoms with Crippen molar-refractivity contribution in [2.45, 2.75) is 58.0 Å². The molecule has 3 nitrogen and oxygen atoms in total. The van der Waals surface area contributed by atoms with E-state index in [0.29, 0.717) is 12.0 Å². The zero-order valence-corrected chi connectivity index (χ0v) is 19.6. The molecule has 0 aromatic rings. The fourth-order valence-corrected chi connectivity index (χ4v) is 6.31. The summed E-state index contributed by atoms with van der Waals surface area (Å²) in [6.07, 6.45) is 30.0. The summed E-state index contributed by atoms with van der Waals surface area (Å²) in [4.78, 5) is 15.9. The molecular formula is C30H32N2O. The van der Waals surface area contributed by atoms with Crippen molar-refractivity contribution in [1.29, 1.82) is 0 Å². The molecular weight excluding hydrogens is 404 g/mol. The largest absolute Gasteiger partial charge is 0.337 e. The highest BCUT2D eigenvalue weighted by molar-refractivity contribution is 6.17. The third kappa shape index (κ3) is 3.17. The number of nitrogens with zero attached hydrogens (tertiary/aromatic N) is 1. The smallest absolute Gasteiger partial charge is 0.189 e. The van der Waals surface area contributed by atoms with Crippen molar-refractivity contribution in [3.63, 3.8) is 0 Å². The maximum atomic E-state index is 13.3. The summed E-state index contributed by atoms with van der Waals surface area (Å²) in [6.45, 7) is 4.31. The Morgan fingerprint density at radius 1 is 1.12 bits per heavy atom. The van der Waals surface area contributed by atoms with Crippen molar-refractivity contribution in [2.75, 3.05) is 0 Å². The topological polar surface area (TPSA) is 46.3 Å². The van der Waals surface area contributed by atoms with Gasteiger partial charge in [-0.05, 0) is 61.0 Å². The molecule has 0 aromatic heterocycles. The van der Waals surface area contributed by atoms with E-state index in [1.807, 2.05) is 6.08 Å². The van der Waals surface area contributed by atoms with Crippen LogP contribution in [-0.4, -0.2) is 22.8 Å². The number of ketones is 1. The van der Waals surface area contributed by atoms with Crippen LogP contribution in [0.2, 0.25) is 0 Å². The Kier molecular flexibility index (Phi) is 4.74. The van der Waals surface area contributed by atoms with Gasteiger partial charge < -0.3 is 10.6 Å². The molecule has 3 atom stereocenters. The molecule has 1 heterocycles. The van der Waals surface area contributed by atoms with E-state index in [0.717, 1.165) is 54.4 Å². The Bertz CT molecular complexity index is 1210. The van der Waals surface area contributed by atoms with Gasteiger partial charge in [0.15, 0.2) is 5.78 Å². The Balaban J connectivity index is 1.38. The van der Waals surface area contributed by atoms with Gasteiger partial charge in [0, 0.05) is 39.9 Å². The van der Waals surface area contributed by atoms with E-state index in [1.165, 1.54) is 17.0 Å². The summed E-state index contributed by atoms with van der Waals surface area (Å²) in [5, 5.41) is 0. The van der Waals surface area contributed by atoms with E-state index in [4.69, 9.17) is 5.73 Å². The average molecular weight is 437 g/mol. The number of carbonyl (C=O) groups is 1. The first-order chi connectivity index (χ1) is 15.9. The summed E-state index contributed by atoms with van der Waals surface area (Å²) in [5.74, 6) is 0.494. The lowest BCUT2D eigenvalue weighted by molar-refractivity contribution is -0.111. The second-order valence-corrected chi connectivity index (χ2v) is 10.5. The second-order valence-electron chi connectivity index (χ2n) is 10.5. The quantitative estimate of drug-likeness (QED) is 0.562. The number of fused-ring (bicyclic) bond motifs is 4. The predicted octanol–water partition coefficient (Wildman–Crippen LogP) is 5.74. The molecule has 0 amide bonds. The van der Waals surface area contributed by atoms with E-state index in [9.17, 15) is 4.79 Å². The van der Waals surface area contributed by atoms with Gasteiger partial charge in [-0.1, -0.05) is 68.5 Å². The van der Waals surface area contributed by atoms with Crippen molar-refractivity contribution in [3.05, 3.63) is 106 Å². The molecule has 1 saturated heterocycles. The normalized spacial score (nSPS) is 32.9. The number of likely N-dealkylation sites (tertiary alicyclic amines) is 1. The van der Waals surface area contributed by atoms with Crippen LogP contribution in [0.1, 0.15) is 46.0 Å². The molecule has 3 unspecified atom stereocenters. The van der Waals surface area contributed by atoms with Crippen LogP contribution in [0.15, 0.2) is 106 Å². The lowest BCUT2D eigenvalue weighted by atomic mass is 9.79. The van der Waals surface area contributed by atoms with E-state index in [-0.39, 0.29) is 17.2 Å². The second kappa shape index (κ2) is 7.56. The molecule has 5 aliphatic carbocycles. The molecule has 3 heteroatoms. The molecule has 2 N–H and O–H groups in total. The Hall–Kier alpha value is -2.91. The number of nitrogens with two attached hydrogens (primary N) is 1. The lowest BCUT2D eigenvalue weighted by Gasteiger charge is -2.32. The lowest BCUT2D eigenvalue weighted by Crippen LogP contribution is -2.31. The molecule has 33 heavy (non-hydrogen) atoms. The molecule has 0 aromatic carbocycles. The van der Waals surface area contributed by atoms with E-state index >= 15 is 0 Å². The Morgan fingerprint density at radius 2 is 1.97 bits per heavy atom. The van der Waals surface area contributed by atoms with Crippen LogP contribution in [0, 0.1) is 11.3 Å². The number of hydrogen-bond donors (Lipinski definition) is 1. The molecule has 0 radical (unpaired) electrons. The fourth-order valence-electron chi connectivity index (χ4n) is 6.31. The molecule has 2 fully saturated rings. The predicted molar refractivity (Wildman–Crippen MR) is 134 cm³/mol. The van der Waals surface area contributed by atoms with E-state index < -0.39 is 0 Å². The number of rotatable bonds is 2. The molecule has 1 saturated carbocycles. The summed E-state index contributed by atoms with van der Waals surface area (Å²) in [6, 6.07) is 0.320. The number of carbonyl (C=O) groups excluding carboxylic acids is 1. The van der Waals surface area contributed by atoms with Crippen LogP contribution < -0.4 is 5.73 Å². The maximum absolute atomic E-state index is 13.3. The van der Waals surface area contributed by atoms with Crippen molar-refractivity contribution in [1.82, 2.24) is 4.90 Å². The monoisotopic (exact) mass is 436 g/mol. The van der Waals surface area contributed by atoms with Crippen LogP contribution in [0.5, 0.6) is 0 Å². The molecule has 1 aliphatic heterocycles. The Labute approximate surface area is 196 Å². The van der Waals surface area contributed by atoms with Crippen LogP contribution in [0.4, 0.5) is 0 Å². The standard InChI is InChI=1S/C30H32N2O/c1-30(2)25-18-20(31)13-14-23(25)29(33)26(30)17-19-12-15-28-24(16-19)22-10-6-7-11-27(22)32(28)21-8-4-3-5-9-21/h3-4,8,10-12,14-18,20,24,28H,5-7,9,13,31H2,1-2H3/b26-17+. The fraction of sp³-hybridized carbons (Fsp3) is 0.367. The summed E-state index contributed by atoms with van der Waals surface area (Å²) < 4.78 is 0. The van der Waals surface area contributed by atoms with Crippen LogP contribution in [0.25, 0.3) is 0 Å². The van der Waals surface area contributed by atoms with Gasteiger partial charge >= 0.3 is 0 Å². The number of hydrogen-bond acceptors (Lipinski definition) is 3. The van der Waals surface area contributed by atoms with Crippen LogP contribution in [0.3, 0.4) is 0 Å². The van der Waals surface area contributed by atoms with Gasteiger partial charge in [0.25, 0.3) is 0 Å². The summed E-state index contributed by atoms with van der Waals surface area (Å²) in [7, 11) is 0. The first kappa shape index (κ1) is 20.7. The van der Waals surface area contributed by atoms with Gasteiger partial charge in [0.2, 0.25) is 0 Å². The minimum Gasteiger partial charge on any atom is -0.337 e. The van der Waals surface area contributed by atoms with Crippen LogP contribution >= 0.6 is 0 Å². The first-order valence-electron chi connectivity index (χ1n) is 12.4. The van der Waals surface area contributed by atoms with Crippen molar-refractivity contribution in [2.24, 2.45) is 17.1 Å². The summed E-state index contributed by atoms with van der Waals surface area (Å²) in [5.41, 5.74) is 14.1.